The van der Waals surface area contributed by atoms with Crippen LogP contribution in [0.2, 0.25) is 0 Å². The molecule has 0 aliphatic carbocycles. The van der Waals surface area contributed by atoms with Crippen molar-refractivity contribution >= 4 is 25.7 Å². The van der Waals surface area contributed by atoms with Gasteiger partial charge in [-0.1, -0.05) is 121 Å². The summed E-state index contributed by atoms with van der Waals surface area (Å²) in [6.45, 7) is 3.52. The van der Waals surface area contributed by atoms with Gasteiger partial charge in [0.25, 0.3) is 0 Å². The van der Waals surface area contributed by atoms with Gasteiger partial charge in [0.05, 0.1) is 19.8 Å². The number of ether oxygens (including phenoxy) is 3. The lowest BCUT2D eigenvalue weighted by molar-refractivity contribution is -0.161. The number of phosphoric acid groups is 1. The predicted molar refractivity (Wildman–Crippen MR) is 185 cm³/mol. The minimum Gasteiger partial charge on any atom is -0.463 e. The molecule has 0 saturated carbocycles. The Balaban J connectivity index is 4.28. The highest BCUT2D eigenvalue weighted by molar-refractivity contribution is 7.47. The number of nitrogens with two attached hydrogens (primary N) is 1. The van der Waals surface area contributed by atoms with E-state index in [0.29, 0.717) is 19.4 Å². The summed E-state index contributed by atoms with van der Waals surface area (Å²) in [5, 5.41) is 0. The fraction of sp³-hybridized carbons (Fsp3) is 0.800. The van der Waals surface area contributed by atoms with Gasteiger partial charge in [0, 0.05) is 25.5 Å². The number of carbonyl (C=O) groups excluding carboxylic acids is 3. The number of allylic oxidation sites excluding steroid dienone is 3. The van der Waals surface area contributed by atoms with Gasteiger partial charge in [-0.3, -0.25) is 18.6 Å². The van der Waals surface area contributed by atoms with Crippen molar-refractivity contribution in [2.75, 3.05) is 33.0 Å². The maximum Gasteiger partial charge on any atom is 0.472 e. The zero-order chi connectivity index (χ0) is 34.9. The number of hydrogen-bond acceptors (Lipinski definition) is 10. The van der Waals surface area contributed by atoms with E-state index in [4.69, 9.17) is 29.0 Å². The molecule has 11 nitrogen and oxygen atoms in total. The van der Waals surface area contributed by atoms with Crippen LogP contribution in [-0.4, -0.2) is 61.9 Å². The van der Waals surface area contributed by atoms with E-state index in [1.807, 2.05) is 13.0 Å². The molecule has 3 N–H and O–H groups in total. The second-order valence-electron chi connectivity index (χ2n) is 11.7. The first kappa shape index (κ1) is 45.0. The van der Waals surface area contributed by atoms with Crippen LogP contribution < -0.4 is 5.73 Å². The first-order chi connectivity index (χ1) is 22.7. The fourth-order valence-electron chi connectivity index (χ4n) is 4.66. The first-order valence-corrected chi connectivity index (χ1v) is 19.4. The average Bonchev–Trinajstić information content (AvgIpc) is 3.05. The summed E-state index contributed by atoms with van der Waals surface area (Å²) in [6.07, 6.45) is 25.4. The molecule has 0 heterocycles. The Morgan fingerprint density at radius 3 is 1.77 bits per heavy atom. The van der Waals surface area contributed by atoms with E-state index in [1.54, 1.807) is 12.2 Å². The molecule has 0 aromatic carbocycles. The van der Waals surface area contributed by atoms with Crippen molar-refractivity contribution < 1.29 is 47.1 Å². The van der Waals surface area contributed by atoms with Crippen LogP contribution in [0.15, 0.2) is 24.3 Å². The van der Waals surface area contributed by atoms with Gasteiger partial charge in [-0.15, -0.1) is 0 Å². The summed E-state index contributed by atoms with van der Waals surface area (Å²) in [4.78, 5) is 46.1. The van der Waals surface area contributed by atoms with E-state index in [9.17, 15) is 23.8 Å². The van der Waals surface area contributed by atoms with Crippen LogP contribution in [0.25, 0.3) is 0 Å². The molecule has 2 unspecified atom stereocenters. The fourth-order valence-corrected chi connectivity index (χ4v) is 5.42. The third-order valence-electron chi connectivity index (χ3n) is 7.31. The number of rotatable bonds is 33. The van der Waals surface area contributed by atoms with Crippen LogP contribution in [0.5, 0.6) is 0 Å². The largest absolute Gasteiger partial charge is 0.472 e. The Bertz CT molecular complexity index is 896. The highest BCUT2D eigenvalue weighted by Crippen LogP contribution is 2.43. The number of carbonyl (C=O) groups is 3. The molecule has 0 bridgehead atoms. The molecule has 0 amide bonds. The third-order valence-corrected chi connectivity index (χ3v) is 8.30. The van der Waals surface area contributed by atoms with Gasteiger partial charge in [0.15, 0.2) is 6.10 Å². The molecule has 0 radical (unpaired) electrons. The van der Waals surface area contributed by atoms with Crippen molar-refractivity contribution in [1.82, 2.24) is 0 Å². The van der Waals surface area contributed by atoms with E-state index < -0.39 is 32.5 Å². The van der Waals surface area contributed by atoms with Crippen molar-refractivity contribution in [2.45, 2.75) is 148 Å². The normalized spacial score (nSPS) is 13.5. The molecule has 274 valence electrons. The molecule has 0 aromatic rings. The topological polar surface area (TPSA) is 161 Å². The van der Waals surface area contributed by atoms with Crippen LogP contribution in [0.3, 0.4) is 0 Å². The molecule has 47 heavy (non-hydrogen) atoms. The highest BCUT2D eigenvalue weighted by Gasteiger charge is 2.26. The van der Waals surface area contributed by atoms with Crippen molar-refractivity contribution in [3.05, 3.63) is 24.3 Å². The molecule has 12 heteroatoms. The smallest absolute Gasteiger partial charge is 0.463 e. The number of unbranched alkanes of at least 4 members (excludes halogenated alkanes) is 16. The third kappa shape index (κ3) is 32.3. The Morgan fingerprint density at radius 2 is 1.21 bits per heavy atom. The molecule has 0 aliphatic heterocycles. The van der Waals surface area contributed by atoms with Gasteiger partial charge in [-0.2, -0.15) is 0 Å². The zero-order valence-corrected chi connectivity index (χ0v) is 30.1. The van der Waals surface area contributed by atoms with E-state index in [-0.39, 0.29) is 38.6 Å². The minimum absolute atomic E-state index is 0.0302. The summed E-state index contributed by atoms with van der Waals surface area (Å²) >= 11 is 0. The monoisotopic (exact) mass is 689 g/mol. The van der Waals surface area contributed by atoms with Crippen molar-refractivity contribution in [3.8, 4) is 0 Å². The Kier molecular flexibility index (Phi) is 31.1. The first-order valence-electron chi connectivity index (χ1n) is 17.9. The summed E-state index contributed by atoms with van der Waals surface area (Å²) < 4.78 is 37.6. The van der Waals surface area contributed by atoms with Crippen LogP contribution in [0, 0.1) is 0 Å². The number of phosphoric ester groups is 1. The van der Waals surface area contributed by atoms with Crippen LogP contribution in [-0.2, 0) is 42.2 Å². The van der Waals surface area contributed by atoms with Gasteiger partial charge < -0.3 is 24.8 Å². The van der Waals surface area contributed by atoms with Crippen LogP contribution in [0.4, 0.5) is 0 Å². The lowest BCUT2D eigenvalue weighted by Gasteiger charge is -2.19. The maximum absolute atomic E-state index is 12.5. The second-order valence-corrected chi connectivity index (χ2v) is 13.2. The van der Waals surface area contributed by atoms with E-state index in [0.717, 1.165) is 44.9 Å². The minimum atomic E-state index is -4.40. The number of esters is 3. The van der Waals surface area contributed by atoms with Gasteiger partial charge in [-0.25, -0.2) is 9.36 Å². The van der Waals surface area contributed by atoms with E-state index in [1.165, 1.54) is 63.9 Å². The van der Waals surface area contributed by atoms with Gasteiger partial charge in [-0.05, 0) is 26.2 Å². The van der Waals surface area contributed by atoms with Gasteiger partial charge >= 0.3 is 25.7 Å². The molecule has 0 aliphatic rings. The quantitative estimate of drug-likeness (QED) is 0.0171. The summed E-state index contributed by atoms with van der Waals surface area (Å²) in [6, 6.07) is 0. The maximum atomic E-state index is 12.5. The molecule has 0 saturated heterocycles. The predicted octanol–water partition coefficient (Wildman–Crippen LogP) is 8.03. The molecule has 0 aromatic heterocycles. The molecule has 0 spiro atoms. The summed E-state index contributed by atoms with van der Waals surface area (Å²) in [7, 11) is -4.40. The van der Waals surface area contributed by atoms with E-state index in [2.05, 4.69) is 6.92 Å². The second kappa shape index (κ2) is 32.5. The molecule has 0 rings (SSSR count). The lowest BCUT2D eigenvalue weighted by Crippen LogP contribution is -2.29. The van der Waals surface area contributed by atoms with E-state index >= 15 is 0 Å². The van der Waals surface area contributed by atoms with Gasteiger partial charge in [0.2, 0.25) is 0 Å². The Labute approximate surface area is 284 Å². The molecular formula is C35H64NO10P. The lowest BCUT2D eigenvalue weighted by atomic mass is 10.0. The molecular weight excluding hydrogens is 625 g/mol. The summed E-state index contributed by atoms with van der Waals surface area (Å²) in [5.41, 5.74) is 5.31. The van der Waals surface area contributed by atoms with Crippen LogP contribution >= 0.6 is 7.82 Å². The Hall–Kier alpha value is -2.04. The van der Waals surface area contributed by atoms with Crippen molar-refractivity contribution in [3.63, 3.8) is 0 Å². The molecule has 2 atom stereocenters. The SMILES string of the molecule is C/C=C/C=C/C(=O)OCCCCCCCC(=O)OC(COC(=O)CCCCCCCCCCCCCCC)COP(=O)(O)OCCN. The highest BCUT2D eigenvalue weighted by atomic mass is 31.2. The summed E-state index contributed by atoms with van der Waals surface area (Å²) in [5.74, 6) is -1.32. The van der Waals surface area contributed by atoms with Crippen molar-refractivity contribution in [2.24, 2.45) is 5.73 Å². The Morgan fingerprint density at radius 1 is 0.681 bits per heavy atom. The van der Waals surface area contributed by atoms with Crippen LogP contribution in [0.1, 0.15) is 142 Å². The average molecular weight is 690 g/mol. The number of hydrogen-bond donors (Lipinski definition) is 2. The van der Waals surface area contributed by atoms with Gasteiger partial charge in [0.1, 0.15) is 6.61 Å². The standard InChI is InChI=1S/C35H64NO10P/c1-3-5-7-8-9-10-11-12-13-14-15-17-21-25-34(38)43-30-32(31-45-47(40,41)44-29-27-36)46-35(39)26-22-18-16-19-23-28-42-33(37)24-20-6-4-2/h4,6,20,24,32H,3,5,7-19,21-23,25-31,36H2,1-2H3,(H,40,41)/b6-4+,24-20+. The van der Waals surface area contributed by atoms with Crippen molar-refractivity contribution in [1.29, 1.82) is 0 Å². The molecule has 0 fully saturated rings. The zero-order valence-electron chi connectivity index (χ0n) is 29.2.